The van der Waals surface area contributed by atoms with Gasteiger partial charge in [-0.1, -0.05) is 6.07 Å². The van der Waals surface area contributed by atoms with Crippen LogP contribution in [-0.4, -0.2) is 39.3 Å². The van der Waals surface area contributed by atoms with Crippen molar-refractivity contribution in [3.05, 3.63) is 80.9 Å². The summed E-state index contributed by atoms with van der Waals surface area (Å²) in [6, 6.07) is 12.8. The van der Waals surface area contributed by atoms with Gasteiger partial charge in [0.1, 0.15) is 18.3 Å². The van der Waals surface area contributed by atoms with Crippen molar-refractivity contribution in [2.75, 3.05) is 27.4 Å². The maximum Gasteiger partial charge on any atom is 0.161 e. The molecule has 0 unspecified atom stereocenters. The van der Waals surface area contributed by atoms with Gasteiger partial charge in [-0.3, -0.25) is 0 Å². The lowest BCUT2D eigenvalue weighted by molar-refractivity contribution is -0.0980. The lowest BCUT2D eigenvalue weighted by atomic mass is 9.92. The van der Waals surface area contributed by atoms with Crippen LogP contribution in [0.3, 0.4) is 0 Å². The lowest BCUT2D eigenvalue weighted by Gasteiger charge is -2.18. The molecule has 0 spiro atoms. The minimum Gasteiger partial charge on any atom is -0.496 e. The number of hydrogen-bond acceptors (Lipinski definition) is 6. The third-order valence-corrected chi connectivity index (χ3v) is 6.50. The molecule has 0 atom stereocenters. The number of fused-ring (bicyclic) bond motifs is 3. The van der Waals surface area contributed by atoms with E-state index in [2.05, 4.69) is 43.3 Å². The summed E-state index contributed by atoms with van der Waals surface area (Å²) >= 11 is 0. The topological polar surface area (TPSA) is 74.2 Å². The first-order valence-electron chi connectivity index (χ1n) is 12.2. The van der Waals surface area contributed by atoms with Gasteiger partial charge in [-0.15, -0.1) is 0 Å². The Kier molecular flexibility index (Phi) is 9.37. The van der Waals surface area contributed by atoms with Crippen LogP contribution >= 0.6 is 0 Å². The number of rotatable bonds is 7. The van der Waals surface area contributed by atoms with Gasteiger partial charge in [0.25, 0.3) is 0 Å². The molecule has 4 rings (SSSR count). The highest BCUT2D eigenvalue weighted by atomic mass is 16.5. The number of carbonyl (C=O) groups excluding carboxylic acids is 1. The number of aliphatic hydroxyl groups excluding tert-OH is 1. The number of methoxy groups -OCH3 is 2. The molecular weight excluding hydrogens is 456 g/mol. The monoisotopic (exact) mass is 492 g/mol. The molecule has 0 saturated heterocycles. The average molecular weight is 493 g/mol. The molecule has 36 heavy (non-hydrogen) atoms. The van der Waals surface area contributed by atoms with Gasteiger partial charge in [-0.05, 0) is 109 Å². The van der Waals surface area contributed by atoms with Crippen LogP contribution in [0.25, 0.3) is 0 Å². The third kappa shape index (κ3) is 5.65. The summed E-state index contributed by atoms with van der Waals surface area (Å²) in [7, 11) is 3.39. The van der Waals surface area contributed by atoms with Crippen LogP contribution in [0.2, 0.25) is 0 Å². The Morgan fingerprint density at radius 3 is 1.58 bits per heavy atom. The molecule has 0 radical (unpaired) electrons. The maximum atomic E-state index is 10.0. The second-order valence-corrected chi connectivity index (χ2v) is 8.65. The largest absolute Gasteiger partial charge is 0.496 e. The number of hydrogen-bond donors (Lipinski definition) is 1. The Morgan fingerprint density at radius 1 is 0.667 bits per heavy atom. The van der Waals surface area contributed by atoms with Gasteiger partial charge in [0.2, 0.25) is 0 Å². The Morgan fingerprint density at radius 2 is 1.08 bits per heavy atom. The van der Waals surface area contributed by atoms with Crippen LogP contribution < -0.4 is 18.9 Å². The zero-order valence-corrected chi connectivity index (χ0v) is 21.9. The summed E-state index contributed by atoms with van der Waals surface area (Å²) in [6.07, 6.45) is 2.28. The predicted octanol–water partition coefficient (Wildman–Crippen LogP) is 5.20. The fourth-order valence-corrected chi connectivity index (χ4v) is 4.82. The van der Waals surface area contributed by atoms with E-state index >= 15 is 0 Å². The summed E-state index contributed by atoms with van der Waals surface area (Å²) < 4.78 is 23.1. The molecule has 0 fully saturated rings. The zero-order chi connectivity index (χ0) is 26.2. The van der Waals surface area contributed by atoms with E-state index in [1.807, 2.05) is 20.6 Å². The van der Waals surface area contributed by atoms with E-state index in [-0.39, 0.29) is 6.61 Å². The first kappa shape index (κ1) is 27.1. The minimum atomic E-state index is -0.0563. The molecule has 6 nitrogen and oxygen atoms in total. The molecule has 1 aliphatic rings. The first-order chi connectivity index (χ1) is 17.5. The van der Waals surface area contributed by atoms with E-state index < -0.39 is 0 Å². The SMILES string of the molecule is C=O.CCOc1cc2c(cc1CO)Cc1cc(C)c(OC)cc1Cc1cc(OCC)c(OC)cc1C2. The summed E-state index contributed by atoms with van der Waals surface area (Å²) in [4.78, 5) is 8.00. The Bertz CT molecular complexity index is 1190. The van der Waals surface area contributed by atoms with E-state index in [9.17, 15) is 5.11 Å². The number of benzene rings is 3. The Hall–Kier alpha value is -3.51. The van der Waals surface area contributed by atoms with Crippen molar-refractivity contribution in [3.8, 4) is 23.0 Å². The van der Waals surface area contributed by atoms with Gasteiger partial charge in [0.05, 0.1) is 34.0 Å². The smallest absolute Gasteiger partial charge is 0.161 e. The van der Waals surface area contributed by atoms with E-state index in [4.69, 9.17) is 23.7 Å². The fraction of sp³-hybridized carbons (Fsp3) is 0.367. The molecule has 0 heterocycles. The number of aryl methyl sites for hydroxylation is 1. The highest BCUT2D eigenvalue weighted by molar-refractivity contribution is 5.56. The van der Waals surface area contributed by atoms with E-state index in [0.717, 1.165) is 53.4 Å². The predicted molar refractivity (Wildman–Crippen MR) is 141 cm³/mol. The molecule has 3 aromatic carbocycles. The highest BCUT2D eigenvalue weighted by Gasteiger charge is 2.21. The van der Waals surface area contributed by atoms with Crippen LogP contribution in [0.15, 0.2) is 36.4 Å². The van der Waals surface area contributed by atoms with E-state index in [1.165, 1.54) is 33.4 Å². The van der Waals surface area contributed by atoms with Crippen LogP contribution in [0.5, 0.6) is 23.0 Å². The number of ether oxygens (including phenoxy) is 4. The van der Waals surface area contributed by atoms with E-state index in [0.29, 0.717) is 13.2 Å². The highest BCUT2D eigenvalue weighted by Crippen LogP contribution is 2.38. The molecule has 1 aliphatic carbocycles. The number of aliphatic hydroxyl groups is 1. The molecule has 0 amide bonds. The molecule has 0 saturated carbocycles. The summed E-state index contributed by atoms with van der Waals surface area (Å²) in [6.45, 7) is 9.09. The van der Waals surface area contributed by atoms with Crippen molar-refractivity contribution >= 4 is 6.79 Å². The number of carbonyl (C=O) groups is 1. The zero-order valence-electron chi connectivity index (χ0n) is 21.9. The normalized spacial score (nSPS) is 11.8. The minimum absolute atomic E-state index is 0.0563. The second-order valence-electron chi connectivity index (χ2n) is 8.65. The van der Waals surface area contributed by atoms with E-state index in [1.54, 1.807) is 14.2 Å². The summed E-state index contributed by atoms with van der Waals surface area (Å²) in [5.41, 5.74) is 9.18. The Balaban J connectivity index is 0.00000176. The molecule has 3 aromatic rings. The van der Waals surface area contributed by atoms with Gasteiger partial charge in [-0.2, -0.15) is 0 Å². The van der Waals surface area contributed by atoms with Gasteiger partial charge in [0, 0.05) is 5.56 Å². The quantitative estimate of drug-likeness (QED) is 0.382. The lowest BCUT2D eigenvalue weighted by Crippen LogP contribution is -2.04. The van der Waals surface area contributed by atoms with Gasteiger partial charge < -0.3 is 28.8 Å². The molecule has 0 aliphatic heterocycles. The van der Waals surface area contributed by atoms with Crippen molar-refractivity contribution in [1.29, 1.82) is 0 Å². The second kappa shape index (κ2) is 12.5. The van der Waals surface area contributed by atoms with Crippen molar-refractivity contribution in [2.45, 2.75) is 46.6 Å². The van der Waals surface area contributed by atoms with Crippen LogP contribution in [0, 0.1) is 6.92 Å². The molecule has 0 aromatic heterocycles. The van der Waals surface area contributed by atoms with Crippen molar-refractivity contribution < 1.29 is 28.8 Å². The third-order valence-electron chi connectivity index (χ3n) is 6.50. The summed E-state index contributed by atoms with van der Waals surface area (Å²) in [5, 5.41) is 10.0. The van der Waals surface area contributed by atoms with Crippen LogP contribution in [0.4, 0.5) is 0 Å². The Labute approximate surface area is 213 Å². The average Bonchev–Trinajstić information content (AvgIpc) is 2.94. The summed E-state index contributed by atoms with van der Waals surface area (Å²) in [5.74, 6) is 3.13. The fourth-order valence-electron chi connectivity index (χ4n) is 4.82. The standard InChI is InChI=1S/C29H34O5.CH2O/c1-6-33-27-14-22-11-23-15-28(32-5)29(34-7-2)16-24(23)10-21-13-26(31-4)18(3)8-19(21)9-20(22)12-25(27)17-30;1-2/h8,12-16,30H,6-7,9-11,17H2,1-5H3;1H2. The maximum absolute atomic E-state index is 10.0. The van der Waals surface area contributed by atoms with Crippen molar-refractivity contribution in [1.82, 2.24) is 0 Å². The van der Waals surface area contributed by atoms with Gasteiger partial charge in [0.15, 0.2) is 11.5 Å². The molecule has 6 heteroatoms. The van der Waals surface area contributed by atoms with Crippen molar-refractivity contribution in [3.63, 3.8) is 0 Å². The van der Waals surface area contributed by atoms with Gasteiger partial charge in [-0.25, -0.2) is 0 Å². The molecule has 0 bridgehead atoms. The molecule has 192 valence electrons. The van der Waals surface area contributed by atoms with Crippen LogP contribution in [-0.2, 0) is 30.7 Å². The van der Waals surface area contributed by atoms with Crippen molar-refractivity contribution in [2.24, 2.45) is 0 Å². The molecule has 1 N–H and O–H groups in total. The van der Waals surface area contributed by atoms with Gasteiger partial charge >= 0.3 is 0 Å². The first-order valence-corrected chi connectivity index (χ1v) is 12.2. The van der Waals surface area contributed by atoms with Crippen LogP contribution in [0.1, 0.15) is 58.4 Å². The molecular formula is C30H36O6.